The molecular formula is C13H24N2O4. The Morgan fingerprint density at radius 3 is 2.37 bits per heavy atom. The summed E-state index contributed by atoms with van der Waals surface area (Å²) in [5.74, 6) is 0.0458. The summed E-state index contributed by atoms with van der Waals surface area (Å²) in [5.41, 5.74) is -0.566. The van der Waals surface area contributed by atoms with Gasteiger partial charge in [0.1, 0.15) is 11.6 Å². The molecule has 19 heavy (non-hydrogen) atoms. The minimum absolute atomic E-state index is 0.224. The number of carbonyl (C=O) groups excluding carboxylic acids is 2. The van der Waals surface area contributed by atoms with Gasteiger partial charge in [-0.25, -0.2) is 9.86 Å². The lowest BCUT2D eigenvalue weighted by Crippen LogP contribution is -2.47. The SMILES string of the molecule is CON(C)C(=O)C1CC(C)CN1C(=O)OC(C)(C)C. The molecule has 0 N–H and O–H groups in total. The largest absolute Gasteiger partial charge is 0.444 e. The predicted octanol–water partition coefficient (Wildman–Crippen LogP) is 1.65. The van der Waals surface area contributed by atoms with Gasteiger partial charge in [0.2, 0.25) is 0 Å². The maximum Gasteiger partial charge on any atom is 0.410 e. The first kappa shape index (κ1) is 15.8. The van der Waals surface area contributed by atoms with E-state index in [-0.39, 0.29) is 11.8 Å². The summed E-state index contributed by atoms with van der Waals surface area (Å²) in [7, 11) is 2.96. The summed E-state index contributed by atoms with van der Waals surface area (Å²) in [6.07, 6.45) is 0.186. The van der Waals surface area contributed by atoms with Gasteiger partial charge < -0.3 is 4.74 Å². The smallest absolute Gasteiger partial charge is 0.410 e. The second kappa shape index (κ2) is 5.77. The van der Waals surface area contributed by atoms with E-state index >= 15 is 0 Å². The Balaban J connectivity index is 2.80. The lowest BCUT2D eigenvalue weighted by atomic mass is 10.1. The molecule has 1 saturated heterocycles. The summed E-state index contributed by atoms with van der Waals surface area (Å²) >= 11 is 0. The molecule has 1 rings (SSSR count). The van der Waals surface area contributed by atoms with Crippen molar-refractivity contribution >= 4 is 12.0 Å². The van der Waals surface area contributed by atoms with Crippen molar-refractivity contribution in [1.29, 1.82) is 0 Å². The molecule has 2 unspecified atom stereocenters. The van der Waals surface area contributed by atoms with E-state index < -0.39 is 17.7 Å². The Morgan fingerprint density at radius 2 is 1.89 bits per heavy atom. The molecule has 6 heteroatoms. The van der Waals surface area contributed by atoms with Crippen LogP contribution in [0.25, 0.3) is 0 Å². The zero-order valence-corrected chi connectivity index (χ0v) is 12.6. The van der Waals surface area contributed by atoms with Crippen molar-refractivity contribution in [3.8, 4) is 0 Å². The third-order valence-electron chi connectivity index (χ3n) is 3.01. The molecule has 0 spiro atoms. The van der Waals surface area contributed by atoms with Gasteiger partial charge in [-0.2, -0.15) is 0 Å². The van der Waals surface area contributed by atoms with E-state index in [1.807, 2.05) is 27.7 Å². The number of likely N-dealkylation sites (tertiary alicyclic amines) is 1. The minimum atomic E-state index is -0.566. The molecule has 1 aliphatic heterocycles. The molecule has 0 aromatic heterocycles. The molecule has 0 radical (unpaired) electrons. The number of hydroxylamine groups is 2. The van der Waals surface area contributed by atoms with E-state index in [0.717, 1.165) is 5.06 Å². The van der Waals surface area contributed by atoms with Crippen molar-refractivity contribution in [3.63, 3.8) is 0 Å². The van der Waals surface area contributed by atoms with Crippen molar-refractivity contribution in [2.24, 2.45) is 5.92 Å². The van der Waals surface area contributed by atoms with Crippen molar-refractivity contribution in [2.45, 2.75) is 45.8 Å². The minimum Gasteiger partial charge on any atom is -0.444 e. The van der Waals surface area contributed by atoms with Crippen LogP contribution in [0.3, 0.4) is 0 Å². The number of amides is 2. The molecule has 1 aliphatic rings. The number of nitrogens with zero attached hydrogens (tertiary/aromatic N) is 2. The van der Waals surface area contributed by atoms with Gasteiger partial charge in [-0.15, -0.1) is 0 Å². The van der Waals surface area contributed by atoms with Crippen molar-refractivity contribution in [2.75, 3.05) is 20.7 Å². The van der Waals surface area contributed by atoms with E-state index in [2.05, 4.69) is 0 Å². The Hall–Kier alpha value is -1.30. The van der Waals surface area contributed by atoms with Gasteiger partial charge in [-0.1, -0.05) is 6.92 Å². The second-order valence-electron chi connectivity index (χ2n) is 6.01. The van der Waals surface area contributed by atoms with Gasteiger partial charge in [0, 0.05) is 13.6 Å². The highest BCUT2D eigenvalue weighted by Crippen LogP contribution is 2.26. The Bertz CT molecular complexity index is 351. The summed E-state index contributed by atoms with van der Waals surface area (Å²) < 4.78 is 5.34. The molecule has 0 aromatic carbocycles. The Labute approximate surface area is 114 Å². The van der Waals surface area contributed by atoms with Gasteiger partial charge in [0.25, 0.3) is 5.91 Å². The lowest BCUT2D eigenvalue weighted by Gasteiger charge is -2.29. The van der Waals surface area contributed by atoms with Gasteiger partial charge in [0.05, 0.1) is 7.11 Å². The maximum absolute atomic E-state index is 12.2. The predicted molar refractivity (Wildman–Crippen MR) is 70.3 cm³/mol. The van der Waals surface area contributed by atoms with Gasteiger partial charge >= 0.3 is 6.09 Å². The van der Waals surface area contributed by atoms with E-state index in [4.69, 9.17) is 9.57 Å². The van der Waals surface area contributed by atoms with E-state index in [1.165, 1.54) is 12.0 Å². The standard InChI is InChI=1S/C13H24N2O4/c1-9-7-10(11(16)14(5)18-6)15(8-9)12(17)19-13(2,3)4/h9-10H,7-8H2,1-6H3. The van der Waals surface area contributed by atoms with Crippen molar-refractivity contribution in [1.82, 2.24) is 9.96 Å². The van der Waals surface area contributed by atoms with Crippen LogP contribution < -0.4 is 0 Å². The fourth-order valence-corrected chi connectivity index (χ4v) is 2.10. The molecule has 0 saturated carbocycles. The van der Waals surface area contributed by atoms with E-state index in [0.29, 0.717) is 13.0 Å². The topological polar surface area (TPSA) is 59.1 Å². The molecule has 1 fully saturated rings. The average molecular weight is 272 g/mol. The van der Waals surface area contributed by atoms with Crippen LogP contribution in [0.2, 0.25) is 0 Å². The molecule has 0 aromatic rings. The molecule has 6 nitrogen and oxygen atoms in total. The van der Waals surface area contributed by atoms with Crippen LogP contribution in [0.15, 0.2) is 0 Å². The van der Waals surface area contributed by atoms with Crippen molar-refractivity contribution < 1.29 is 19.2 Å². The van der Waals surface area contributed by atoms with Gasteiger partial charge in [-0.3, -0.25) is 14.5 Å². The van der Waals surface area contributed by atoms with Crippen LogP contribution in [-0.4, -0.2) is 54.3 Å². The van der Waals surface area contributed by atoms with Crippen LogP contribution >= 0.6 is 0 Å². The highest BCUT2D eigenvalue weighted by atomic mass is 16.7. The molecule has 0 bridgehead atoms. The maximum atomic E-state index is 12.2. The summed E-state index contributed by atoms with van der Waals surface area (Å²) in [4.78, 5) is 30.7. The quantitative estimate of drug-likeness (QED) is 0.717. The van der Waals surface area contributed by atoms with Crippen LogP contribution in [0.1, 0.15) is 34.1 Å². The van der Waals surface area contributed by atoms with Gasteiger partial charge in [-0.05, 0) is 33.1 Å². The monoisotopic (exact) mass is 272 g/mol. The summed E-state index contributed by atoms with van der Waals surface area (Å²) in [6, 6.07) is -0.505. The second-order valence-corrected chi connectivity index (χ2v) is 6.01. The fourth-order valence-electron chi connectivity index (χ4n) is 2.10. The summed E-state index contributed by atoms with van der Waals surface area (Å²) in [6.45, 7) is 7.97. The van der Waals surface area contributed by atoms with E-state index in [9.17, 15) is 9.59 Å². The van der Waals surface area contributed by atoms with E-state index in [1.54, 1.807) is 7.05 Å². The van der Waals surface area contributed by atoms with Crippen molar-refractivity contribution in [3.05, 3.63) is 0 Å². The zero-order chi connectivity index (χ0) is 14.8. The molecule has 110 valence electrons. The first-order chi connectivity index (χ1) is 8.65. The Kier molecular flexibility index (Phi) is 4.79. The zero-order valence-electron chi connectivity index (χ0n) is 12.6. The molecule has 2 amide bonds. The van der Waals surface area contributed by atoms with Gasteiger partial charge in [0.15, 0.2) is 0 Å². The summed E-state index contributed by atoms with van der Waals surface area (Å²) in [5, 5.41) is 1.15. The Morgan fingerprint density at radius 1 is 1.32 bits per heavy atom. The third kappa shape index (κ3) is 4.09. The first-order valence-electron chi connectivity index (χ1n) is 6.47. The lowest BCUT2D eigenvalue weighted by molar-refractivity contribution is -0.173. The molecule has 2 atom stereocenters. The number of ether oxygens (including phenoxy) is 1. The number of hydrogen-bond donors (Lipinski definition) is 0. The third-order valence-corrected chi connectivity index (χ3v) is 3.01. The highest BCUT2D eigenvalue weighted by Gasteiger charge is 2.41. The normalized spacial score (nSPS) is 23.4. The van der Waals surface area contributed by atoms with Crippen LogP contribution in [-0.2, 0) is 14.4 Å². The number of likely N-dealkylation sites (N-methyl/N-ethyl adjacent to an activating group) is 1. The first-order valence-corrected chi connectivity index (χ1v) is 6.47. The van der Waals surface area contributed by atoms with Crippen LogP contribution in [0.5, 0.6) is 0 Å². The molecule has 1 heterocycles. The average Bonchev–Trinajstić information content (AvgIpc) is 2.67. The fraction of sp³-hybridized carbons (Fsp3) is 0.846. The van der Waals surface area contributed by atoms with Crippen LogP contribution in [0.4, 0.5) is 4.79 Å². The molecular weight excluding hydrogens is 248 g/mol. The number of rotatable bonds is 2. The van der Waals surface area contributed by atoms with Crippen LogP contribution in [0, 0.1) is 5.92 Å². The number of carbonyl (C=O) groups is 2. The highest BCUT2D eigenvalue weighted by molar-refractivity contribution is 5.85. The number of hydrogen-bond acceptors (Lipinski definition) is 4. The molecule has 0 aliphatic carbocycles.